The molecule has 3 rings (SSSR count). The molecule has 1 saturated carbocycles. The first-order valence-electron chi connectivity index (χ1n) is 6.07. The standard InChI is InChI=1S/C10H18N6/c1-15-10(12-13-14-15)16-6-2-3-9(16)7-11-8-4-5-8/h8-9,11H,2-7H2,1H3. The second kappa shape index (κ2) is 4.01. The summed E-state index contributed by atoms with van der Waals surface area (Å²) < 4.78 is 1.76. The summed E-state index contributed by atoms with van der Waals surface area (Å²) in [7, 11) is 1.90. The van der Waals surface area contributed by atoms with Gasteiger partial charge in [0.25, 0.3) is 0 Å². The number of aromatic nitrogens is 4. The molecular weight excluding hydrogens is 204 g/mol. The molecule has 0 amide bonds. The quantitative estimate of drug-likeness (QED) is 0.773. The third-order valence-electron chi connectivity index (χ3n) is 3.45. The van der Waals surface area contributed by atoms with Crippen molar-refractivity contribution < 1.29 is 0 Å². The lowest BCUT2D eigenvalue weighted by Crippen LogP contribution is -2.40. The lowest BCUT2D eigenvalue weighted by Gasteiger charge is -2.24. The Kier molecular flexibility index (Phi) is 2.51. The van der Waals surface area contributed by atoms with E-state index in [4.69, 9.17) is 0 Å². The third-order valence-corrected chi connectivity index (χ3v) is 3.45. The maximum atomic E-state index is 4.09. The molecule has 1 aromatic rings. The fraction of sp³-hybridized carbons (Fsp3) is 0.900. The first-order chi connectivity index (χ1) is 7.84. The maximum absolute atomic E-state index is 4.09. The summed E-state index contributed by atoms with van der Waals surface area (Å²) in [6.45, 7) is 2.14. The fourth-order valence-electron chi connectivity index (χ4n) is 2.37. The molecule has 1 aliphatic carbocycles. The minimum Gasteiger partial charge on any atom is -0.335 e. The molecule has 1 saturated heterocycles. The van der Waals surface area contributed by atoms with Crippen LogP contribution in [0, 0.1) is 0 Å². The van der Waals surface area contributed by atoms with Crippen molar-refractivity contribution in [1.29, 1.82) is 0 Å². The molecule has 88 valence electrons. The van der Waals surface area contributed by atoms with Crippen molar-refractivity contribution in [3.05, 3.63) is 0 Å². The van der Waals surface area contributed by atoms with E-state index < -0.39 is 0 Å². The van der Waals surface area contributed by atoms with Crippen LogP contribution in [0.5, 0.6) is 0 Å². The first kappa shape index (κ1) is 10.0. The van der Waals surface area contributed by atoms with Crippen molar-refractivity contribution in [2.75, 3.05) is 18.0 Å². The van der Waals surface area contributed by atoms with Crippen LogP contribution in [-0.4, -0.2) is 45.4 Å². The van der Waals surface area contributed by atoms with E-state index in [0.29, 0.717) is 6.04 Å². The summed E-state index contributed by atoms with van der Waals surface area (Å²) in [6.07, 6.45) is 5.17. The van der Waals surface area contributed by atoms with Crippen LogP contribution in [0.25, 0.3) is 0 Å². The number of nitrogens with zero attached hydrogens (tertiary/aromatic N) is 5. The van der Waals surface area contributed by atoms with E-state index >= 15 is 0 Å². The van der Waals surface area contributed by atoms with Crippen LogP contribution in [0.1, 0.15) is 25.7 Å². The van der Waals surface area contributed by atoms with Crippen LogP contribution in [-0.2, 0) is 7.05 Å². The van der Waals surface area contributed by atoms with Crippen LogP contribution in [0.15, 0.2) is 0 Å². The summed E-state index contributed by atoms with van der Waals surface area (Å²) in [5.74, 6) is 0.903. The lowest BCUT2D eigenvalue weighted by atomic mass is 10.2. The first-order valence-corrected chi connectivity index (χ1v) is 6.07. The van der Waals surface area contributed by atoms with Gasteiger partial charge in [-0.05, 0) is 36.1 Å². The van der Waals surface area contributed by atoms with Crippen molar-refractivity contribution >= 4 is 5.95 Å². The van der Waals surface area contributed by atoms with Crippen molar-refractivity contribution in [1.82, 2.24) is 25.5 Å². The smallest absolute Gasteiger partial charge is 0.245 e. The van der Waals surface area contributed by atoms with E-state index in [-0.39, 0.29) is 0 Å². The number of anilines is 1. The number of hydrogen-bond donors (Lipinski definition) is 1. The van der Waals surface area contributed by atoms with Gasteiger partial charge in [0.15, 0.2) is 0 Å². The minimum atomic E-state index is 0.560. The van der Waals surface area contributed by atoms with Gasteiger partial charge in [-0.2, -0.15) is 0 Å². The van der Waals surface area contributed by atoms with Crippen molar-refractivity contribution in [3.63, 3.8) is 0 Å². The fourth-order valence-corrected chi connectivity index (χ4v) is 2.37. The van der Waals surface area contributed by atoms with Crippen LogP contribution in [0.2, 0.25) is 0 Å². The molecule has 0 spiro atoms. The van der Waals surface area contributed by atoms with Gasteiger partial charge in [-0.1, -0.05) is 5.10 Å². The molecular formula is C10H18N6. The van der Waals surface area contributed by atoms with Crippen LogP contribution in [0.3, 0.4) is 0 Å². The van der Waals surface area contributed by atoms with Gasteiger partial charge in [0.1, 0.15) is 0 Å². The maximum Gasteiger partial charge on any atom is 0.245 e. The Morgan fingerprint density at radius 3 is 2.94 bits per heavy atom. The molecule has 2 fully saturated rings. The van der Waals surface area contributed by atoms with Gasteiger partial charge in [-0.25, -0.2) is 4.68 Å². The summed E-state index contributed by atoms with van der Waals surface area (Å²) in [5, 5.41) is 15.3. The highest BCUT2D eigenvalue weighted by atomic mass is 15.6. The molecule has 1 aliphatic heterocycles. The lowest BCUT2D eigenvalue weighted by molar-refractivity contribution is 0.558. The molecule has 0 aromatic carbocycles. The summed E-state index contributed by atoms with van der Waals surface area (Å²) in [5.41, 5.74) is 0. The molecule has 2 heterocycles. The van der Waals surface area contributed by atoms with Gasteiger partial charge < -0.3 is 10.2 Å². The van der Waals surface area contributed by atoms with Gasteiger partial charge in [-0.15, -0.1) is 0 Å². The van der Waals surface area contributed by atoms with Gasteiger partial charge in [-0.3, -0.25) is 0 Å². The Bertz CT molecular complexity index is 358. The molecule has 2 aliphatic rings. The molecule has 16 heavy (non-hydrogen) atoms. The van der Waals surface area contributed by atoms with Gasteiger partial charge in [0.2, 0.25) is 5.95 Å². The van der Waals surface area contributed by atoms with E-state index in [1.165, 1.54) is 25.7 Å². The number of tetrazole rings is 1. The van der Waals surface area contributed by atoms with Gasteiger partial charge >= 0.3 is 0 Å². The van der Waals surface area contributed by atoms with Crippen molar-refractivity contribution in [3.8, 4) is 0 Å². The van der Waals surface area contributed by atoms with E-state index in [9.17, 15) is 0 Å². The summed E-state index contributed by atoms with van der Waals surface area (Å²) in [6, 6.07) is 1.34. The SMILES string of the molecule is Cn1nnnc1N1CCCC1CNC1CC1. The topological polar surface area (TPSA) is 58.9 Å². The summed E-state index contributed by atoms with van der Waals surface area (Å²) in [4.78, 5) is 2.33. The zero-order valence-corrected chi connectivity index (χ0v) is 9.63. The molecule has 0 radical (unpaired) electrons. The number of hydrogen-bond acceptors (Lipinski definition) is 5. The Morgan fingerprint density at radius 1 is 1.38 bits per heavy atom. The predicted molar refractivity (Wildman–Crippen MR) is 60.2 cm³/mol. The highest BCUT2D eigenvalue weighted by Crippen LogP contribution is 2.24. The monoisotopic (exact) mass is 222 g/mol. The molecule has 6 nitrogen and oxygen atoms in total. The number of aryl methyl sites for hydroxylation is 1. The van der Waals surface area contributed by atoms with Gasteiger partial charge in [0.05, 0.1) is 0 Å². The van der Waals surface area contributed by atoms with Crippen LogP contribution < -0.4 is 10.2 Å². The zero-order valence-electron chi connectivity index (χ0n) is 9.63. The molecule has 1 atom stereocenters. The number of rotatable bonds is 4. The minimum absolute atomic E-state index is 0.560. The Morgan fingerprint density at radius 2 is 2.25 bits per heavy atom. The Labute approximate surface area is 95.0 Å². The van der Waals surface area contributed by atoms with Crippen LogP contribution >= 0.6 is 0 Å². The molecule has 0 bridgehead atoms. The molecule has 6 heteroatoms. The zero-order chi connectivity index (χ0) is 11.0. The second-order valence-corrected chi connectivity index (χ2v) is 4.77. The molecule has 1 N–H and O–H groups in total. The predicted octanol–water partition coefficient (Wildman–Crippen LogP) is -0.0691. The van der Waals surface area contributed by atoms with Crippen molar-refractivity contribution in [2.24, 2.45) is 7.05 Å². The molecule has 1 unspecified atom stereocenters. The van der Waals surface area contributed by atoms with E-state index in [2.05, 4.69) is 25.7 Å². The second-order valence-electron chi connectivity index (χ2n) is 4.77. The van der Waals surface area contributed by atoms with E-state index in [1.807, 2.05) is 7.05 Å². The molecule has 1 aromatic heterocycles. The Balaban J connectivity index is 1.66. The highest BCUT2D eigenvalue weighted by molar-refractivity contribution is 5.32. The third kappa shape index (κ3) is 1.89. The highest BCUT2D eigenvalue weighted by Gasteiger charge is 2.30. The average molecular weight is 222 g/mol. The average Bonchev–Trinajstić information content (AvgIpc) is 2.83. The van der Waals surface area contributed by atoms with Gasteiger partial charge in [0, 0.05) is 32.2 Å². The van der Waals surface area contributed by atoms with Crippen molar-refractivity contribution in [2.45, 2.75) is 37.8 Å². The Hall–Kier alpha value is -1.17. The number of nitrogens with one attached hydrogen (secondary N) is 1. The summed E-state index contributed by atoms with van der Waals surface area (Å²) >= 11 is 0. The van der Waals surface area contributed by atoms with Crippen LogP contribution in [0.4, 0.5) is 5.95 Å². The normalized spacial score (nSPS) is 25.3. The van der Waals surface area contributed by atoms with E-state index in [1.54, 1.807) is 4.68 Å². The largest absolute Gasteiger partial charge is 0.335 e. The van der Waals surface area contributed by atoms with E-state index in [0.717, 1.165) is 25.1 Å².